The average Bonchev–Trinajstić information content (AvgIpc) is 2.36. The van der Waals surface area contributed by atoms with Crippen molar-refractivity contribution in [3.63, 3.8) is 0 Å². The highest BCUT2D eigenvalue weighted by Gasteiger charge is 2.24. The van der Waals surface area contributed by atoms with Gasteiger partial charge >= 0.3 is 0 Å². The van der Waals surface area contributed by atoms with E-state index in [1.807, 2.05) is 0 Å². The maximum atomic E-state index is 5.83. The Bertz CT molecular complexity index is 178. The lowest BCUT2D eigenvalue weighted by Crippen LogP contribution is -2.24. The summed E-state index contributed by atoms with van der Waals surface area (Å²) in [5.74, 6) is 3.49. The molecule has 0 aliphatic carbocycles. The smallest absolute Gasteiger partial charge is 0.00745 e. The van der Waals surface area contributed by atoms with Gasteiger partial charge in [-0.05, 0) is 43.1 Å². The molecule has 0 aliphatic rings. The first kappa shape index (κ1) is 18.0. The van der Waals surface area contributed by atoms with Crippen LogP contribution >= 0.6 is 0 Å². The Labute approximate surface area is 116 Å². The molecule has 0 saturated carbocycles. The Morgan fingerprint density at radius 3 is 1.94 bits per heavy atom. The maximum absolute atomic E-state index is 5.83. The summed E-state index contributed by atoms with van der Waals surface area (Å²) in [6.07, 6.45) is 9.34. The summed E-state index contributed by atoms with van der Waals surface area (Å²) in [6.45, 7) is 12.7. The molecule has 0 spiro atoms. The quantitative estimate of drug-likeness (QED) is 0.537. The van der Waals surface area contributed by atoms with Crippen molar-refractivity contribution >= 4 is 0 Å². The molecule has 0 aromatic heterocycles. The van der Waals surface area contributed by atoms with Crippen LogP contribution in [0.25, 0.3) is 0 Å². The molecule has 1 nitrogen and oxygen atoms in total. The van der Waals surface area contributed by atoms with Crippen LogP contribution in [-0.4, -0.2) is 6.54 Å². The van der Waals surface area contributed by atoms with E-state index in [-0.39, 0.29) is 0 Å². The van der Waals surface area contributed by atoms with Crippen LogP contribution < -0.4 is 5.73 Å². The van der Waals surface area contributed by atoms with Gasteiger partial charge in [-0.15, -0.1) is 0 Å². The molecular weight excluding hydrogens is 218 g/mol. The predicted molar refractivity (Wildman–Crippen MR) is 83.7 cm³/mol. The molecule has 2 N–H and O–H groups in total. The summed E-state index contributed by atoms with van der Waals surface area (Å²) >= 11 is 0. The second kappa shape index (κ2) is 10.8. The van der Waals surface area contributed by atoms with Crippen LogP contribution in [0.4, 0.5) is 0 Å². The van der Waals surface area contributed by atoms with Crippen molar-refractivity contribution in [1.82, 2.24) is 0 Å². The molecular formula is C17H37N. The average molecular weight is 255 g/mol. The van der Waals surface area contributed by atoms with Crippen molar-refractivity contribution in [3.8, 4) is 0 Å². The topological polar surface area (TPSA) is 26.0 Å². The van der Waals surface area contributed by atoms with E-state index in [4.69, 9.17) is 5.73 Å². The molecule has 0 aromatic carbocycles. The van der Waals surface area contributed by atoms with Crippen molar-refractivity contribution in [2.75, 3.05) is 6.54 Å². The Hall–Kier alpha value is -0.0400. The first-order valence-corrected chi connectivity index (χ1v) is 8.30. The van der Waals surface area contributed by atoms with Crippen molar-refractivity contribution in [1.29, 1.82) is 0 Å². The highest BCUT2D eigenvalue weighted by atomic mass is 14.5. The van der Waals surface area contributed by atoms with Gasteiger partial charge in [0.1, 0.15) is 0 Å². The largest absolute Gasteiger partial charge is 0.330 e. The fraction of sp³-hybridized carbons (Fsp3) is 1.00. The third-order valence-corrected chi connectivity index (χ3v) is 4.82. The second-order valence-corrected chi connectivity index (χ2v) is 6.27. The molecule has 0 bridgehead atoms. The van der Waals surface area contributed by atoms with Crippen molar-refractivity contribution in [2.45, 2.75) is 79.6 Å². The van der Waals surface area contributed by atoms with Crippen LogP contribution in [0.1, 0.15) is 79.6 Å². The fourth-order valence-corrected chi connectivity index (χ4v) is 3.36. The standard InChI is InChI=1S/C17H37N/c1-6-9-15(5)17(8-3)16(12-13-18)11-10-14(4)7-2/h14-17H,6-13,18H2,1-5H3. The van der Waals surface area contributed by atoms with Gasteiger partial charge in [0.2, 0.25) is 0 Å². The molecule has 1 heteroatoms. The van der Waals surface area contributed by atoms with E-state index in [1.165, 1.54) is 44.9 Å². The molecule has 0 fully saturated rings. The molecule has 110 valence electrons. The van der Waals surface area contributed by atoms with Gasteiger partial charge < -0.3 is 5.73 Å². The summed E-state index contributed by atoms with van der Waals surface area (Å²) in [5.41, 5.74) is 5.83. The van der Waals surface area contributed by atoms with Gasteiger partial charge in [0, 0.05) is 0 Å². The van der Waals surface area contributed by atoms with Gasteiger partial charge in [-0.2, -0.15) is 0 Å². The highest BCUT2D eigenvalue weighted by molar-refractivity contribution is 4.75. The van der Waals surface area contributed by atoms with E-state index in [9.17, 15) is 0 Å². The zero-order chi connectivity index (χ0) is 14.0. The lowest BCUT2D eigenvalue weighted by molar-refractivity contribution is 0.191. The van der Waals surface area contributed by atoms with Crippen LogP contribution in [-0.2, 0) is 0 Å². The van der Waals surface area contributed by atoms with Crippen molar-refractivity contribution in [2.24, 2.45) is 29.4 Å². The summed E-state index contributed by atoms with van der Waals surface area (Å²) < 4.78 is 0. The van der Waals surface area contributed by atoms with Gasteiger partial charge in [0.15, 0.2) is 0 Å². The molecule has 0 aromatic rings. The summed E-state index contributed by atoms with van der Waals surface area (Å²) in [5, 5.41) is 0. The van der Waals surface area contributed by atoms with E-state index in [0.717, 1.165) is 30.2 Å². The third kappa shape index (κ3) is 6.78. The minimum atomic E-state index is 0.857. The van der Waals surface area contributed by atoms with E-state index in [0.29, 0.717) is 0 Å². The van der Waals surface area contributed by atoms with Crippen molar-refractivity contribution < 1.29 is 0 Å². The summed E-state index contributed by atoms with van der Waals surface area (Å²) in [6, 6.07) is 0. The Balaban J connectivity index is 4.41. The minimum absolute atomic E-state index is 0.857. The second-order valence-electron chi connectivity index (χ2n) is 6.27. The minimum Gasteiger partial charge on any atom is -0.330 e. The Kier molecular flexibility index (Phi) is 10.8. The monoisotopic (exact) mass is 255 g/mol. The normalized spacial score (nSPS) is 18.3. The predicted octanol–water partition coefficient (Wildman–Crippen LogP) is 5.24. The summed E-state index contributed by atoms with van der Waals surface area (Å²) in [4.78, 5) is 0. The lowest BCUT2D eigenvalue weighted by atomic mass is 9.74. The fourth-order valence-electron chi connectivity index (χ4n) is 3.36. The van der Waals surface area contributed by atoms with E-state index >= 15 is 0 Å². The molecule has 4 atom stereocenters. The molecule has 0 amide bonds. The number of hydrogen-bond donors (Lipinski definition) is 1. The van der Waals surface area contributed by atoms with Crippen LogP contribution in [0.15, 0.2) is 0 Å². The lowest BCUT2D eigenvalue weighted by Gasteiger charge is -2.32. The van der Waals surface area contributed by atoms with Gasteiger partial charge in [-0.3, -0.25) is 0 Å². The highest BCUT2D eigenvalue weighted by Crippen LogP contribution is 2.33. The first-order chi connectivity index (χ1) is 8.60. The Morgan fingerprint density at radius 1 is 0.833 bits per heavy atom. The molecule has 0 saturated heterocycles. The van der Waals surface area contributed by atoms with Crippen LogP contribution in [0.5, 0.6) is 0 Å². The van der Waals surface area contributed by atoms with Crippen LogP contribution in [0, 0.1) is 23.7 Å². The van der Waals surface area contributed by atoms with E-state index < -0.39 is 0 Å². The van der Waals surface area contributed by atoms with Gasteiger partial charge in [-0.1, -0.05) is 66.7 Å². The molecule has 0 radical (unpaired) electrons. The molecule has 18 heavy (non-hydrogen) atoms. The van der Waals surface area contributed by atoms with Crippen LogP contribution in [0.3, 0.4) is 0 Å². The van der Waals surface area contributed by atoms with Gasteiger partial charge in [-0.25, -0.2) is 0 Å². The first-order valence-electron chi connectivity index (χ1n) is 8.30. The zero-order valence-electron chi connectivity index (χ0n) is 13.5. The SMILES string of the molecule is CCCC(C)C(CC)C(CCN)CCC(C)CC. The number of nitrogens with two attached hydrogens (primary N) is 1. The number of hydrogen-bond acceptors (Lipinski definition) is 1. The Morgan fingerprint density at radius 2 is 1.50 bits per heavy atom. The van der Waals surface area contributed by atoms with Gasteiger partial charge in [0.05, 0.1) is 0 Å². The van der Waals surface area contributed by atoms with Crippen LogP contribution in [0.2, 0.25) is 0 Å². The molecule has 4 unspecified atom stereocenters. The molecule has 0 heterocycles. The molecule has 0 rings (SSSR count). The molecule has 0 aliphatic heterocycles. The van der Waals surface area contributed by atoms with E-state index in [1.54, 1.807) is 0 Å². The maximum Gasteiger partial charge on any atom is -0.00745 e. The third-order valence-electron chi connectivity index (χ3n) is 4.82. The zero-order valence-corrected chi connectivity index (χ0v) is 13.5. The van der Waals surface area contributed by atoms with Gasteiger partial charge in [0.25, 0.3) is 0 Å². The van der Waals surface area contributed by atoms with E-state index in [2.05, 4.69) is 34.6 Å². The number of rotatable bonds is 11. The summed E-state index contributed by atoms with van der Waals surface area (Å²) in [7, 11) is 0. The van der Waals surface area contributed by atoms with Crippen molar-refractivity contribution in [3.05, 3.63) is 0 Å².